The Bertz CT molecular complexity index is 681. The molecule has 2 N–H and O–H groups in total. The van der Waals surface area contributed by atoms with Gasteiger partial charge in [0.1, 0.15) is 5.75 Å². The van der Waals surface area contributed by atoms with Crippen LogP contribution in [0.5, 0.6) is 5.75 Å². The van der Waals surface area contributed by atoms with Crippen LogP contribution in [-0.4, -0.2) is 24.7 Å². The second-order valence-electron chi connectivity index (χ2n) is 6.44. The maximum Gasteiger partial charge on any atom is 0.230 e. The van der Waals surface area contributed by atoms with Crippen LogP contribution in [0.2, 0.25) is 0 Å². The van der Waals surface area contributed by atoms with E-state index in [0.717, 1.165) is 16.8 Å². The van der Waals surface area contributed by atoms with Gasteiger partial charge < -0.3 is 15.2 Å². The topological polar surface area (TPSA) is 58.6 Å². The summed E-state index contributed by atoms with van der Waals surface area (Å²) in [6.45, 7) is 3.87. The van der Waals surface area contributed by atoms with Crippen LogP contribution < -0.4 is 10.1 Å². The molecule has 0 bridgehead atoms. The molecule has 0 spiro atoms. The minimum absolute atomic E-state index is 0.0682. The van der Waals surface area contributed by atoms with E-state index in [4.69, 9.17) is 9.84 Å². The Morgan fingerprint density at radius 3 is 2.50 bits per heavy atom. The van der Waals surface area contributed by atoms with Crippen LogP contribution in [0.1, 0.15) is 26.7 Å². The summed E-state index contributed by atoms with van der Waals surface area (Å²) in [5.41, 5.74) is 2.15. The Kier molecular flexibility index (Phi) is 5.99. The Hall–Kier alpha value is -2.33. The molecule has 0 aliphatic carbocycles. The number of carbonyl (C=O) groups excluding carboxylic acids is 1. The highest BCUT2D eigenvalue weighted by molar-refractivity contribution is 5.98. The third kappa shape index (κ3) is 4.36. The quantitative estimate of drug-likeness (QED) is 0.805. The van der Waals surface area contributed by atoms with Crippen molar-refractivity contribution in [2.75, 3.05) is 19.0 Å². The maximum absolute atomic E-state index is 12.7. The van der Waals surface area contributed by atoms with E-state index >= 15 is 0 Å². The molecular formula is C20H25NO3. The summed E-state index contributed by atoms with van der Waals surface area (Å²) in [4.78, 5) is 12.7. The van der Waals surface area contributed by atoms with Crippen molar-refractivity contribution in [2.45, 2.75) is 26.7 Å². The lowest BCUT2D eigenvalue weighted by Crippen LogP contribution is -2.31. The molecule has 4 heteroatoms. The number of nitrogens with one attached hydrogen (secondary N) is 1. The van der Waals surface area contributed by atoms with Gasteiger partial charge in [0, 0.05) is 23.7 Å². The number of hydrogen-bond acceptors (Lipinski definition) is 3. The van der Waals surface area contributed by atoms with E-state index in [1.54, 1.807) is 7.11 Å². The van der Waals surface area contributed by atoms with Gasteiger partial charge in [0.25, 0.3) is 0 Å². The number of carbonyl (C=O) groups is 1. The molecule has 0 heterocycles. The third-order valence-corrected chi connectivity index (χ3v) is 4.13. The fourth-order valence-electron chi connectivity index (χ4n) is 2.55. The molecule has 24 heavy (non-hydrogen) atoms. The largest absolute Gasteiger partial charge is 0.497 e. The van der Waals surface area contributed by atoms with E-state index in [-0.39, 0.29) is 12.5 Å². The van der Waals surface area contributed by atoms with Crippen LogP contribution in [0.4, 0.5) is 5.69 Å². The number of ether oxygens (including phenoxy) is 1. The van der Waals surface area contributed by atoms with Crippen LogP contribution >= 0.6 is 0 Å². The number of methoxy groups -OCH3 is 1. The minimum atomic E-state index is -0.556. The maximum atomic E-state index is 12.7. The number of aliphatic hydroxyl groups excluding tert-OH is 1. The highest BCUT2D eigenvalue weighted by Gasteiger charge is 2.27. The van der Waals surface area contributed by atoms with Crippen LogP contribution in [0, 0.1) is 5.41 Å². The second-order valence-corrected chi connectivity index (χ2v) is 6.44. The highest BCUT2D eigenvalue weighted by Crippen LogP contribution is 2.33. The van der Waals surface area contributed by atoms with Crippen molar-refractivity contribution in [3.63, 3.8) is 0 Å². The molecular weight excluding hydrogens is 302 g/mol. The lowest BCUT2D eigenvalue weighted by Gasteiger charge is -2.24. The van der Waals surface area contributed by atoms with Crippen molar-refractivity contribution in [2.24, 2.45) is 5.41 Å². The molecule has 0 aliphatic rings. The van der Waals surface area contributed by atoms with E-state index in [1.807, 2.05) is 62.4 Å². The second kappa shape index (κ2) is 7.97. The average Bonchev–Trinajstić information content (AvgIpc) is 2.60. The van der Waals surface area contributed by atoms with Crippen molar-refractivity contribution in [1.82, 2.24) is 0 Å². The van der Waals surface area contributed by atoms with Gasteiger partial charge in [-0.15, -0.1) is 0 Å². The number of rotatable bonds is 7. The Labute approximate surface area is 143 Å². The number of benzene rings is 2. The normalized spacial score (nSPS) is 11.2. The fourth-order valence-corrected chi connectivity index (χ4v) is 2.55. The molecule has 0 aromatic heterocycles. The third-order valence-electron chi connectivity index (χ3n) is 4.13. The zero-order valence-electron chi connectivity index (χ0n) is 14.5. The summed E-state index contributed by atoms with van der Waals surface area (Å²) in [6, 6.07) is 15.6. The van der Waals surface area contributed by atoms with Crippen LogP contribution in [0.3, 0.4) is 0 Å². The van der Waals surface area contributed by atoms with Crippen molar-refractivity contribution in [3.05, 3.63) is 48.5 Å². The monoisotopic (exact) mass is 327 g/mol. The van der Waals surface area contributed by atoms with E-state index in [0.29, 0.717) is 18.6 Å². The molecule has 2 aromatic rings. The zero-order chi connectivity index (χ0) is 17.6. The SMILES string of the molecule is COc1ccc(-c2ccccc2)c(NC(=O)C(C)(C)CCCO)c1. The van der Waals surface area contributed by atoms with E-state index in [2.05, 4.69) is 5.32 Å². The molecule has 0 saturated carbocycles. The number of aliphatic hydroxyl groups is 1. The zero-order valence-corrected chi connectivity index (χ0v) is 14.5. The summed E-state index contributed by atoms with van der Waals surface area (Å²) in [7, 11) is 1.61. The molecule has 2 aromatic carbocycles. The van der Waals surface area contributed by atoms with Gasteiger partial charge in [0.2, 0.25) is 5.91 Å². The van der Waals surface area contributed by atoms with E-state index < -0.39 is 5.41 Å². The van der Waals surface area contributed by atoms with Crippen LogP contribution in [0.15, 0.2) is 48.5 Å². The lowest BCUT2D eigenvalue weighted by atomic mass is 9.86. The van der Waals surface area contributed by atoms with Gasteiger partial charge in [0.15, 0.2) is 0 Å². The molecule has 0 radical (unpaired) electrons. The number of hydrogen-bond donors (Lipinski definition) is 2. The van der Waals surface area contributed by atoms with Crippen molar-refractivity contribution in [3.8, 4) is 16.9 Å². The van der Waals surface area contributed by atoms with Crippen LogP contribution in [0.25, 0.3) is 11.1 Å². The molecule has 128 valence electrons. The first-order valence-electron chi connectivity index (χ1n) is 8.13. The molecule has 1 amide bonds. The van der Waals surface area contributed by atoms with E-state index in [9.17, 15) is 4.79 Å². The molecule has 0 atom stereocenters. The first-order valence-corrected chi connectivity index (χ1v) is 8.13. The number of anilines is 1. The molecule has 0 saturated heterocycles. The molecule has 0 aliphatic heterocycles. The summed E-state index contributed by atoms with van der Waals surface area (Å²) in [5.74, 6) is 0.625. The highest BCUT2D eigenvalue weighted by atomic mass is 16.5. The van der Waals surface area contributed by atoms with Gasteiger partial charge in [0.05, 0.1) is 12.8 Å². The molecule has 0 unspecified atom stereocenters. The lowest BCUT2D eigenvalue weighted by molar-refractivity contribution is -0.124. The fraction of sp³-hybridized carbons (Fsp3) is 0.350. The van der Waals surface area contributed by atoms with Crippen LogP contribution in [-0.2, 0) is 4.79 Å². The summed E-state index contributed by atoms with van der Waals surface area (Å²) in [5, 5.41) is 12.0. The smallest absolute Gasteiger partial charge is 0.230 e. The summed E-state index contributed by atoms with van der Waals surface area (Å²) < 4.78 is 5.29. The first-order chi connectivity index (χ1) is 11.5. The van der Waals surface area contributed by atoms with Gasteiger partial charge >= 0.3 is 0 Å². The Morgan fingerprint density at radius 1 is 1.17 bits per heavy atom. The predicted octanol–water partition coefficient (Wildman–Crippen LogP) is 4.10. The average molecular weight is 327 g/mol. The molecule has 0 fully saturated rings. The molecule has 4 nitrogen and oxygen atoms in total. The Morgan fingerprint density at radius 2 is 1.88 bits per heavy atom. The number of amides is 1. The summed E-state index contributed by atoms with van der Waals surface area (Å²) in [6.07, 6.45) is 1.23. The minimum Gasteiger partial charge on any atom is -0.497 e. The van der Waals surface area contributed by atoms with Gasteiger partial charge in [-0.25, -0.2) is 0 Å². The standard InChI is InChI=1S/C20H25NO3/c1-20(2,12-7-13-22)19(23)21-18-14-16(24-3)10-11-17(18)15-8-5-4-6-9-15/h4-6,8-11,14,22H,7,12-13H2,1-3H3,(H,21,23). The van der Waals surface area contributed by atoms with Gasteiger partial charge in [-0.2, -0.15) is 0 Å². The van der Waals surface area contributed by atoms with Gasteiger partial charge in [-0.05, 0) is 30.5 Å². The van der Waals surface area contributed by atoms with Gasteiger partial charge in [-0.1, -0.05) is 44.2 Å². The van der Waals surface area contributed by atoms with E-state index in [1.165, 1.54) is 0 Å². The first kappa shape index (κ1) is 18.0. The van der Waals surface area contributed by atoms with Crippen molar-refractivity contribution in [1.29, 1.82) is 0 Å². The molecule has 2 rings (SSSR count). The Balaban J connectivity index is 2.32. The van der Waals surface area contributed by atoms with Crippen molar-refractivity contribution < 1.29 is 14.6 Å². The predicted molar refractivity (Wildman–Crippen MR) is 97.2 cm³/mol. The summed E-state index contributed by atoms with van der Waals surface area (Å²) >= 11 is 0. The van der Waals surface area contributed by atoms with Crippen molar-refractivity contribution >= 4 is 11.6 Å². The van der Waals surface area contributed by atoms with Gasteiger partial charge in [-0.3, -0.25) is 4.79 Å².